The van der Waals surface area contributed by atoms with Crippen molar-refractivity contribution >= 4 is 29.8 Å². The number of hydrogen-bond acceptors (Lipinski definition) is 10. The number of amides is 2. The van der Waals surface area contributed by atoms with Crippen LogP contribution in [0.1, 0.15) is 58.8 Å². The molecule has 2 amide bonds. The Kier molecular flexibility index (Phi) is 15.0. The van der Waals surface area contributed by atoms with E-state index in [0.717, 1.165) is 44.9 Å². The topological polar surface area (TPSA) is 168 Å². The fourth-order valence-electron chi connectivity index (χ4n) is 3.05. The van der Waals surface area contributed by atoms with E-state index in [9.17, 15) is 14.1 Å². The number of methoxy groups -OCH3 is 1. The molecule has 0 aliphatic carbocycles. The Bertz CT molecular complexity index is 725. The molecule has 1 rings (SSSR count). The Labute approximate surface area is 200 Å². The van der Waals surface area contributed by atoms with E-state index in [-0.39, 0.29) is 17.8 Å². The van der Waals surface area contributed by atoms with E-state index in [1.165, 1.54) is 12.6 Å². The molecule has 0 fully saturated rings. The molecule has 0 saturated heterocycles. The predicted molar refractivity (Wildman–Crippen MR) is 130 cm³/mol. The molecule has 34 heavy (non-hydrogen) atoms. The van der Waals surface area contributed by atoms with Gasteiger partial charge in [-0.3, -0.25) is 0 Å². The SMILES string of the molecule is COC(=O)C(NC(=O)NCCCCCNc1nc(NF)nc(NCCCCCCN)n1)C(C)C. The summed E-state index contributed by atoms with van der Waals surface area (Å²) in [6.07, 6.45) is 6.47. The first-order valence-electron chi connectivity index (χ1n) is 11.8. The van der Waals surface area contributed by atoms with Gasteiger partial charge >= 0.3 is 12.0 Å². The lowest BCUT2D eigenvalue weighted by Crippen LogP contribution is -2.49. The number of rotatable bonds is 18. The Balaban J connectivity index is 2.27. The van der Waals surface area contributed by atoms with Gasteiger partial charge in [0.2, 0.25) is 11.9 Å². The van der Waals surface area contributed by atoms with Gasteiger partial charge in [-0.1, -0.05) is 26.7 Å². The van der Waals surface area contributed by atoms with Crippen LogP contribution in [0.4, 0.5) is 27.1 Å². The highest BCUT2D eigenvalue weighted by atomic mass is 19.2. The van der Waals surface area contributed by atoms with E-state index in [1.807, 2.05) is 13.8 Å². The van der Waals surface area contributed by atoms with Crippen molar-refractivity contribution in [1.82, 2.24) is 25.6 Å². The smallest absolute Gasteiger partial charge is 0.328 e. The van der Waals surface area contributed by atoms with Crippen LogP contribution in [0.5, 0.6) is 0 Å². The molecule has 0 radical (unpaired) electrons. The monoisotopic (exact) mass is 485 g/mol. The average molecular weight is 486 g/mol. The third-order valence-corrected chi connectivity index (χ3v) is 4.96. The lowest BCUT2D eigenvalue weighted by molar-refractivity contribution is -0.143. The molecule has 194 valence electrons. The van der Waals surface area contributed by atoms with Crippen molar-refractivity contribution in [2.45, 2.75) is 64.8 Å². The summed E-state index contributed by atoms with van der Waals surface area (Å²) >= 11 is 0. The molecule has 13 heteroatoms. The molecular weight excluding hydrogens is 445 g/mol. The van der Waals surface area contributed by atoms with Crippen LogP contribution in [0, 0.1) is 5.92 Å². The Hall–Kier alpha value is -2.96. The summed E-state index contributed by atoms with van der Waals surface area (Å²) in [7, 11) is 1.29. The lowest BCUT2D eigenvalue weighted by Gasteiger charge is -2.20. The van der Waals surface area contributed by atoms with Gasteiger partial charge in [-0.25, -0.2) is 9.59 Å². The maximum Gasteiger partial charge on any atom is 0.328 e. The fourth-order valence-corrected chi connectivity index (χ4v) is 3.05. The zero-order chi connectivity index (χ0) is 25.2. The number of nitrogens with one attached hydrogen (secondary N) is 5. The lowest BCUT2D eigenvalue weighted by atomic mass is 10.1. The van der Waals surface area contributed by atoms with Gasteiger partial charge in [0.1, 0.15) is 6.04 Å². The van der Waals surface area contributed by atoms with Gasteiger partial charge < -0.3 is 31.7 Å². The zero-order valence-corrected chi connectivity index (χ0v) is 20.5. The third-order valence-electron chi connectivity index (χ3n) is 4.96. The quantitative estimate of drug-likeness (QED) is 0.103. The van der Waals surface area contributed by atoms with Gasteiger partial charge in [-0.15, -0.1) is 4.48 Å². The molecule has 0 spiro atoms. The van der Waals surface area contributed by atoms with Crippen LogP contribution in [0.25, 0.3) is 0 Å². The molecule has 1 aromatic heterocycles. The number of ether oxygens (including phenoxy) is 1. The van der Waals surface area contributed by atoms with E-state index in [2.05, 4.69) is 36.2 Å². The van der Waals surface area contributed by atoms with Gasteiger partial charge in [0.25, 0.3) is 5.95 Å². The van der Waals surface area contributed by atoms with E-state index in [4.69, 9.17) is 10.5 Å². The minimum Gasteiger partial charge on any atom is -0.467 e. The first-order valence-corrected chi connectivity index (χ1v) is 11.8. The summed E-state index contributed by atoms with van der Waals surface area (Å²) in [6.45, 7) is 6.09. The van der Waals surface area contributed by atoms with Crippen LogP contribution < -0.4 is 32.5 Å². The summed E-state index contributed by atoms with van der Waals surface area (Å²) in [4.78, 5) is 35.9. The van der Waals surface area contributed by atoms with Crippen molar-refractivity contribution in [3.8, 4) is 0 Å². The Morgan fingerprint density at radius 2 is 1.41 bits per heavy atom. The number of urea groups is 1. The summed E-state index contributed by atoms with van der Waals surface area (Å²) in [5.74, 6) is -0.129. The number of aromatic nitrogens is 3. The molecule has 1 atom stereocenters. The van der Waals surface area contributed by atoms with Crippen molar-refractivity contribution in [1.29, 1.82) is 0 Å². The van der Waals surface area contributed by atoms with E-state index in [0.29, 0.717) is 32.1 Å². The maximum atomic E-state index is 12.9. The average Bonchev–Trinajstić information content (AvgIpc) is 2.83. The number of esters is 1. The van der Waals surface area contributed by atoms with Crippen LogP contribution in [0.3, 0.4) is 0 Å². The molecule has 0 bridgehead atoms. The first kappa shape index (κ1) is 29.1. The number of nitrogens with two attached hydrogens (primary N) is 1. The highest BCUT2D eigenvalue weighted by Crippen LogP contribution is 2.10. The Morgan fingerprint density at radius 1 is 0.882 bits per heavy atom. The van der Waals surface area contributed by atoms with Crippen LogP contribution in [0.15, 0.2) is 0 Å². The number of hydrogen-bond donors (Lipinski definition) is 6. The van der Waals surface area contributed by atoms with Crippen molar-refractivity contribution in [3.63, 3.8) is 0 Å². The van der Waals surface area contributed by atoms with E-state index < -0.39 is 18.0 Å². The number of anilines is 3. The molecule has 0 aliphatic heterocycles. The second-order valence-corrected chi connectivity index (χ2v) is 8.16. The van der Waals surface area contributed by atoms with Crippen LogP contribution >= 0.6 is 0 Å². The van der Waals surface area contributed by atoms with Gasteiger partial charge in [0.15, 0.2) is 0 Å². The molecule has 7 N–H and O–H groups in total. The van der Waals surface area contributed by atoms with Gasteiger partial charge in [0.05, 0.1) is 7.11 Å². The summed E-state index contributed by atoms with van der Waals surface area (Å²) < 4.78 is 17.6. The molecule has 0 aliphatic rings. The molecule has 0 aromatic carbocycles. The molecule has 12 nitrogen and oxygen atoms in total. The molecule has 1 heterocycles. The molecule has 1 unspecified atom stereocenters. The van der Waals surface area contributed by atoms with E-state index >= 15 is 0 Å². The molecular formula is C21H40FN9O3. The second-order valence-electron chi connectivity index (χ2n) is 8.16. The highest BCUT2D eigenvalue weighted by molar-refractivity contribution is 5.83. The zero-order valence-electron chi connectivity index (χ0n) is 20.5. The minimum absolute atomic E-state index is 0.0789. The third kappa shape index (κ3) is 12.3. The number of nitrogens with zero attached hydrogens (tertiary/aromatic N) is 3. The summed E-state index contributed by atoms with van der Waals surface area (Å²) in [6, 6.07) is -1.09. The van der Waals surface area contributed by atoms with Gasteiger partial charge in [0, 0.05) is 19.6 Å². The van der Waals surface area contributed by atoms with Crippen LogP contribution in [0.2, 0.25) is 0 Å². The number of unbranched alkanes of at least 4 members (excludes halogenated alkanes) is 5. The number of carbonyl (C=O) groups excluding carboxylic acids is 2. The standard InChI is InChI=1S/C21H40FN9O3/c1-15(2)16(17(32)34-3)27-21(33)26-14-10-6-9-13-25-19-28-18(29-20(30-19)31-22)24-12-8-5-4-7-11-23/h15-16H,4-14,23H2,1-3H3,(H2,26,27,33)(H3,24,25,28,29,30,31). The van der Waals surface area contributed by atoms with Crippen molar-refractivity contribution in [2.75, 3.05) is 49.5 Å². The van der Waals surface area contributed by atoms with Crippen molar-refractivity contribution in [2.24, 2.45) is 11.7 Å². The van der Waals surface area contributed by atoms with Gasteiger partial charge in [-0.05, 0) is 44.6 Å². The maximum absolute atomic E-state index is 12.9. The molecule has 1 aromatic rings. The highest BCUT2D eigenvalue weighted by Gasteiger charge is 2.24. The predicted octanol–water partition coefficient (Wildman–Crippen LogP) is 2.18. The van der Waals surface area contributed by atoms with Crippen LogP contribution in [-0.4, -0.2) is 66.3 Å². The minimum atomic E-state index is -0.686. The summed E-state index contributed by atoms with van der Waals surface area (Å²) in [5.41, 5.74) is 6.94. The number of halogens is 1. The largest absolute Gasteiger partial charge is 0.467 e. The normalized spacial score (nSPS) is 11.6. The Morgan fingerprint density at radius 3 is 1.94 bits per heavy atom. The van der Waals surface area contributed by atoms with Crippen LogP contribution in [-0.2, 0) is 9.53 Å². The summed E-state index contributed by atoms with van der Waals surface area (Å²) in [5, 5.41) is 11.5. The van der Waals surface area contributed by atoms with Crippen molar-refractivity contribution < 1.29 is 18.8 Å². The van der Waals surface area contributed by atoms with E-state index in [1.54, 1.807) is 0 Å². The molecule has 0 saturated carbocycles. The van der Waals surface area contributed by atoms with Crippen molar-refractivity contribution in [3.05, 3.63) is 0 Å². The van der Waals surface area contributed by atoms with Gasteiger partial charge in [-0.2, -0.15) is 20.5 Å². The first-order chi connectivity index (χ1) is 16.4. The fraction of sp³-hybridized carbons (Fsp3) is 0.762. The second kappa shape index (κ2) is 17.5. The number of carbonyl (C=O) groups is 2.